The maximum Gasteiger partial charge on any atom is 0.409 e. The summed E-state index contributed by atoms with van der Waals surface area (Å²) in [5, 5.41) is 3.32. The van der Waals surface area contributed by atoms with Crippen LogP contribution in [-0.2, 0) is 9.53 Å². The minimum atomic E-state index is -0.219. The molecule has 0 radical (unpaired) electrons. The van der Waals surface area contributed by atoms with Crippen LogP contribution in [0.1, 0.15) is 51.9 Å². The van der Waals surface area contributed by atoms with Crippen molar-refractivity contribution in [3.05, 3.63) is 0 Å². The molecular formula is C19H30N2O3. The Morgan fingerprint density at radius 1 is 1.00 bits per heavy atom. The zero-order chi connectivity index (χ0) is 16.7. The van der Waals surface area contributed by atoms with Gasteiger partial charge >= 0.3 is 6.09 Å². The summed E-state index contributed by atoms with van der Waals surface area (Å²) in [6.07, 6.45) is 8.03. The zero-order valence-electron chi connectivity index (χ0n) is 14.7. The third-order valence-corrected chi connectivity index (χ3v) is 6.90. The van der Waals surface area contributed by atoms with E-state index in [0.717, 1.165) is 24.7 Å². The average molecular weight is 334 g/mol. The Morgan fingerprint density at radius 2 is 1.58 bits per heavy atom. The molecule has 1 N–H and O–H groups in total. The number of piperidine rings is 1. The molecule has 0 aromatic carbocycles. The van der Waals surface area contributed by atoms with Crippen molar-refractivity contribution in [2.24, 2.45) is 29.6 Å². The van der Waals surface area contributed by atoms with Crippen molar-refractivity contribution >= 4 is 12.0 Å². The molecule has 5 fully saturated rings. The van der Waals surface area contributed by atoms with Crippen LogP contribution in [0.4, 0.5) is 4.79 Å². The van der Waals surface area contributed by atoms with Gasteiger partial charge in [0.25, 0.3) is 0 Å². The zero-order valence-corrected chi connectivity index (χ0v) is 14.7. The van der Waals surface area contributed by atoms with E-state index in [0.29, 0.717) is 37.4 Å². The number of hydrogen-bond donors (Lipinski definition) is 1. The fraction of sp³-hybridized carbons (Fsp3) is 0.895. The SMILES string of the molecule is CCOC(=O)N1CCC(NC(=O)C2C3CC4CC(C3)CC2C4)CC1. The summed E-state index contributed by atoms with van der Waals surface area (Å²) in [4.78, 5) is 26.4. The van der Waals surface area contributed by atoms with Gasteiger partial charge in [-0.1, -0.05) is 0 Å². The second-order valence-corrected chi connectivity index (χ2v) is 8.43. The topological polar surface area (TPSA) is 58.6 Å². The molecule has 4 aliphatic carbocycles. The van der Waals surface area contributed by atoms with Crippen LogP contribution >= 0.6 is 0 Å². The summed E-state index contributed by atoms with van der Waals surface area (Å²) in [5.41, 5.74) is 0. The number of carbonyl (C=O) groups is 2. The summed E-state index contributed by atoms with van der Waals surface area (Å²) >= 11 is 0. The van der Waals surface area contributed by atoms with Gasteiger partial charge in [-0.15, -0.1) is 0 Å². The Balaban J connectivity index is 1.29. The smallest absolute Gasteiger partial charge is 0.409 e. The molecule has 0 unspecified atom stereocenters. The van der Waals surface area contributed by atoms with Gasteiger partial charge in [0.1, 0.15) is 0 Å². The number of nitrogens with one attached hydrogen (secondary N) is 1. The maximum absolute atomic E-state index is 12.9. The average Bonchev–Trinajstić information content (AvgIpc) is 2.54. The highest BCUT2D eigenvalue weighted by atomic mass is 16.6. The monoisotopic (exact) mass is 334 g/mol. The minimum absolute atomic E-state index is 0.219. The lowest BCUT2D eigenvalue weighted by atomic mass is 9.51. The Kier molecular flexibility index (Phi) is 4.44. The highest BCUT2D eigenvalue weighted by Gasteiger charge is 2.50. The van der Waals surface area contributed by atoms with Crippen LogP contribution in [0.15, 0.2) is 0 Å². The third kappa shape index (κ3) is 3.02. The Bertz CT molecular complexity index is 471. The third-order valence-electron chi connectivity index (χ3n) is 6.90. The molecular weight excluding hydrogens is 304 g/mol. The van der Waals surface area contributed by atoms with Crippen LogP contribution < -0.4 is 5.32 Å². The van der Waals surface area contributed by atoms with E-state index < -0.39 is 0 Å². The molecule has 0 aromatic heterocycles. The molecule has 24 heavy (non-hydrogen) atoms. The minimum Gasteiger partial charge on any atom is -0.450 e. The van der Waals surface area contributed by atoms with E-state index in [4.69, 9.17) is 4.74 Å². The van der Waals surface area contributed by atoms with Crippen LogP contribution in [0, 0.1) is 29.6 Å². The number of hydrogen-bond acceptors (Lipinski definition) is 3. The highest BCUT2D eigenvalue weighted by molar-refractivity contribution is 5.80. The number of amides is 2. The molecule has 0 atom stereocenters. The van der Waals surface area contributed by atoms with Crippen LogP contribution in [0.5, 0.6) is 0 Å². The molecule has 5 aliphatic rings. The Morgan fingerprint density at radius 3 is 2.12 bits per heavy atom. The van der Waals surface area contributed by atoms with E-state index in [2.05, 4.69) is 5.32 Å². The van der Waals surface area contributed by atoms with Gasteiger partial charge in [-0.05, 0) is 75.5 Å². The molecule has 1 aliphatic heterocycles. The van der Waals surface area contributed by atoms with Gasteiger partial charge in [-0.2, -0.15) is 0 Å². The first-order valence-electron chi connectivity index (χ1n) is 9.86. The fourth-order valence-electron chi connectivity index (χ4n) is 6.07. The highest BCUT2D eigenvalue weighted by Crippen LogP contribution is 2.56. The molecule has 0 aromatic rings. The molecule has 4 bridgehead atoms. The molecule has 2 amide bonds. The van der Waals surface area contributed by atoms with E-state index in [9.17, 15) is 9.59 Å². The lowest BCUT2D eigenvalue weighted by molar-refractivity contribution is -0.139. The van der Waals surface area contributed by atoms with Crippen molar-refractivity contribution in [2.45, 2.75) is 57.9 Å². The molecule has 134 valence electrons. The van der Waals surface area contributed by atoms with Crippen LogP contribution in [0.25, 0.3) is 0 Å². The second-order valence-electron chi connectivity index (χ2n) is 8.43. The van der Waals surface area contributed by atoms with Gasteiger partial charge < -0.3 is 15.0 Å². The summed E-state index contributed by atoms with van der Waals surface area (Å²) in [7, 11) is 0. The second kappa shape index (κ2) is 6.57. The predicted octanol–water partition coefficient (Wildman–Crippen LogP) is 2.80. The quantitative estimate of drug-likeness (QED) is 0.863. The predicted molar refractivity (Wildman–Crippen MR) is 90.3 cm³/mol. The Labute approximate surface area is 144 Å². The molecule has 5 rings (SSSR count). The summed E-state index contributed by atoms with van der Waals surface area (Å²) < 4.78 is 5.06. The van der Waals surface area contributed by atoms with Crippen LogP contribution in [-0.4, -0.2) is 42.6 Å². The molecule has 5 heteroatoms. The van der Waals surface area contributed by atoms with Crippen molar-refractivity contribution in [1.29, 1.82) is 0 Å². The summed E-state index contributed by atoms with van der Waals surface area (Å²) in [5.74, 6) is 3.66. The van der Waals surface area contributed by atoms with Gasteiger partial charge in [-0.3, -0.25) is 4.79 Å². The largest absolute Gasteiger partial charge is 0.450 e. The maximum atomic E-state index is 12.9. The van der Waals surface area contributed by atoms with Crippen LogP contribution in [0.3, 0.4) is 0 Å². The van der Waals surface area contributed by atoms with Crippen molar-refractivity contribution in [2.75, 3.05) is 19.7 Å². The molecule has 5 nitrogen and oxygen atoms in total. The Hall–Kier alpha value is -1.26. The van der Waals surface area contributed by atoms with E-state index in [1.807, 2.05) is 6.92 Å². The van der Waals surface area contributed by atoms with Gasteiger partial charge in [-0.25, -0.2) is 4.79 Å². The van der Waals surface area contributed by atoms with Crippen molar-refractivity contribution in [3.63, 3.8) is 0 Å². The number of rotatable bonds is 3. The van der Waals surface area contributed by atoms with Crippen molar-refractivity contribution in [1.82, 2.24) is 10.2 Å². The lowest BCUT2D eigenvalue weighted by Gasteiger charge is -2.53. The van der Waals surface area contributed by atoms with Gasteiger partial charge in [0.05, 0.1) is 6.61 Å². The molecule has 4 saturated carbocycles. The van der Waals surface area contributed by atoms with Crippen molar-refractivity contribution < 1.29 is 14.3 Å². The number of likely N-dealkylation sites (tertiary alicyclic amines) is 1. The normalized spacial score (nSPS) is 38.2. The van der Waals surface area contributed by atoms with Crippen LogP contribution in [0.2, 0.25) is 0 Å². The van der Waals surface area contributed by atoms with Gasteiger partial charge in [0.2, 0.25) is 5.91 Å². The van der Waals surface area contributed by atoms with Crippen molar-refractivity contribution in [3.8, 4) is 0 Å². The first-order valence-corrected chi connectivity index (χ1v) is 9.86. The first-order chi connectivity index (χ1) is 11.6. The number of nitrogens with zero attached hydrogens (tertiary/aromatic N) is 1. The number of ether oxygens (including phenoxy) is 1. The molecule has 1 heterocycles. The van der Waals surface area contributed by atoms with Gasteiger partial charge in [0.15, 0.2) is 0 Å². The van der Waals surface area contributed by atoms with E-state index in [1.165, 1.54) is 32.1 Å². The van der Waals surface area contributed by atoms with E-state index in [-0.39, 0.29) is 18.1 Å². The van der Waals surface area contributed by atoms with E-state index >= 15 is 0 Å². The first kappa shape index (κ1) is 16.2. The fourth-order valence-corrected chi connectivity index (χ4v) is 6.07. The number of carbonyl (C=O) groups excluding carboxylic acids is 2. The summed E-state index contributed by atoms with van der Waals surface area (Å²) in [6, 6.07) is 0.223. The van der Waals surface area contributed by atoms with E-state index in [1.54, 1.807) is 4.90 Å². The lowest BCUT2D eigenvalue weighted by Crippen LogP contribution is -2.54. The summed E-state index contributed by atoms with van der Waals surface area (Å²) in [6.45, 7) is 3.62. The molecule has 0 spiro atoms. The van der Waals surface area contributed by atoms with Gasteiger partial charge in [0, 0.05) is 25.0 Å². The molecule has 1 saturated heterocycles. The standard InChI is InChI=1S/C19H30N2O3/c1-2-24-19(23)21-5-3-16(4-6-21)20-18(22)17-14-8-12-7-13(10-14)11-15(17)9-12/h12-17H,2-11H2,1H3,(H,20,22).